The standard InChI is InChI=1S/C26H20ClFO4/c1-15-21(20-8-6-17(28)12-23(20)22(15)14-26(29)30)11-16-4-3-5-18(10-16)32-19-7-9-25(31-2)24(27)13-19/h3-13H,14H2,1-2H3,(H,29,30)/b21-11-. The van der Waals surface area contributed by atoms with Crippen molar-refractivity contribution in [3.8, 4) is 17.2 Å². The molecule has 0 saturated heterocycles. The number of halogens is 2. The molecule has 3 aromatic carbocycles. The fourth-order valence-electron chi connectivity index (χ4n) is 3.81. The van der Waals surface area contributed by atoms with Gasteiger partial charge in [0, 0.05) is 6.07 Å². The predicted molar refractivity (Wildman–Crippen MR) is 124 cm³/mol. The highest BCUT2D eigenvalue weighted by Crippen LogP contribution is 2.44. The van der Waals surface area contributed by atoms with Gasteiger partial charge in [0.05, 0.1) is 18.6 Å². The average Bonchev–Trinajstić information content (AvgIpc) is 2.99. The zero-order chi connectivity index (χ0) is 22.8. The maximum absolute atomic E-state index is 13.9. The van der Waals surface area contributed by atoms with Crippen molar-refractivity contribution in [1.82, 2.24) is 0 Å². The summed E-state index contributed by atoms with van der Waals surface area (Å²) in [5.74, 6) is 0.402. The third-order valence-corrected chi connectivity index (χ3v) is 5.61. The highest BCUT2D eigenvalue weighted by molar-refractivity contribution is 6.32. The lowest BCUT2D eigenvalue weighted by atomic mass is 10.0. The number of hydrogen-bond donors (Lipinski definition) is 1. The zero-order valence-corrected chi connectivity index (χ0v) is 18.2. The third-order valence-electron chi connectivity index (χ3n) is 5.31. The summed E-state index contributed by atoms with van der Waals surface area (Å²) in [6, 6.07) is 17.1. The van der Waals surface area contributed by atoms with Crippen molar-refractivity contribution in [2.24, 2.45) is 0 Å². The lowest BCUT2D eigenvalue weighted by Crippen LogP contribution is -1.97. The van der Waals surface area contributed by atoms with E-state index in [0.717, 1.165) is 22.3 Å². The summed E-state index contributed by atoms with van der Waals surface area (Å²) in [6.07, 6.45) is 1.79. The van der Waals surface area contributed by atoms with Gasteiger partial charge >= 0.3 is 5.97 Å². The molecule has 0 radical (unpaired) electrons. The highest BCUT2D eigenvalue weighted by atomic mass is 35.5. The number of carboxylic acid groups (broad SMARTS) is 1. The molecule has 32 heavy (non-hydrogen) atoms. The number of allylic oxidation sites excluding steroid dienone is 2. The number of ether oxygens (including phenoxy) is 2. The van der Waals surface area contributed by atoms with Crippen molar-refractivity contribution < 1.29 is 23.8 Å². The molecule has 0 amide bonds. The fourth-order valence-corrected chi connectivity index (χ4v) is 4.06. The minimum atomic E-state index is -0.954. The molecule has 162 valence electrons. The second kappa shape index (κ2) is 8.89. The predicted octanol–water partition coefficient (Wildman–Crippen LogP) is 7.08. The van der Waals surface area contributed by atoms with Gasteiger partial charge in [0.25, 0.3) is 0 Å². The molecule has 0 saturated carbocycles. The Balaban J connectivity index is 1.69. The van der Waals surface area contributed by atoms with Crippen LogP contribution in [0.3, 0.4) is 0 Å². The van der Waals surface area contributed by atoms with Crippen molar-refractivity contribution in [3.63, 3.8) is 0 Å². The van der Waals surface area contributed by atoms with Gasteiger partial charge in [-0.1, -0.05) is 29.8 Å². The molecule has 0 atom stereocenters. The number of fused-ring (bicyclic) bond motifs is 1. The Hall–Kier alpha value is -3.57. The SMILES string of the molecule is COc1ccc(Oc2cccc(/C=C3/C(C)=C(CC(=O)O)c4cc(F)ccc43)c2)cc1Cl. The molecular formula is C26H20ClFO4. The van der Waals surface area contributed by atoms with Crippen molar-refractivity contribution in [2.75, 3.05) is 7.11 Å². The molecular weight excluding hydrogens is 431 g/mol. The molecule has 1 aliphatic rings. The van der Waals surface area contributed by atoms with Crippen LogP contribution < -0.4 is 9.47 Å². The van der Waals surface area contributed by atoms with Crippen LogP contribution in [0.1, 0.15) is 30.0 Å². The highest BCUT2D eigenvalue weighted by Gasteiger charge is 2.25. The first-order chi connectivity index (χ1) is 15.4. The molecule has 1 aliphatic carbocycles. The Morgan fingerprint density at radius 2 is 1.84 bits per heavy atom. The van der Waals surface area contributed by atoms with E-state index >= 15 is 0 Å². The van der Waals surface area contributed by atoms with Crippen molar-refractivity contribution in [2.45, 2.75) is 13.3 Å². The quantitative estimate of drug-likeness (QED) is 0.436. The van der Waals surface area contributed by atoms with Gasteiger partial charge in [0.15, 0.2) is 0 Å². The Bertz CT molecular complexity index is 1280. The molecule has 0 fully saturated rings. The number of aliphatic carboxylic acids is 1. The van der Waals surface area contributed by atoms with Crippen LogP contribution >= 0.6 is 11.6 Å². The molecule has 0 spiro atoms. The second-order valence-electron chi connectivity index (χ2n) is 7.39. The Labute approximate surface area is 190 Å². The normalized spacial score (nSPS) is 13.9. The molecule has 0 heterocycles. The van der Waals surface area contributed by atoms with Crippen LogP contribution in [0.4, 0.5) is 4.39 Å². The minimum Gasteiger partial charge on any atom is -0.495 e. The van der Waals surface area contributed by atoms with E-state index in [-0.39, 0.29) is 6.42 Å². The number of carboxylic acids is 1. The Morgan fingerprint density at radius 3 is 2.56 bits per heavy atom. The minimum absolute atomic E-state index is 0.166. The van der Waals surface area contributed by atoms with E-state index in [1.165, 1.54) is 12.1 Å². The van der Waals surface area contributed by atoms with Crippen LogP contribution in [0, 0.1) is 5.82 Å². The molecule has 3 aromatic rings. The van der Waals surface area contributed by atoms with E-state index in [1.807, 2.05) is 37.3 Å². The van der Waals surface area contributed by atoms with Gasteiger partial charge in [-0.05, 0) is 82.8 Å². The summed E-state index contributed by atoms with van der Waals surface area (Å²) in [7, 11) is 1.55. The summed E-state index contributed by atoms with van der Waals surface area (Å²) in [4.78, 5) is 11.4. The van der Waals surface area contributed by atoms with Crippen LogP contribution in [0.15, 0.2) is 66.2 Å². The maximum Gasteiger partial charge on any atom is 0.307 e. The summed E-state index contributed by atoms with van der Waals surface area (Å²) in [5, 5.41) is 9.76. The van der Waals surface area contributed by atoms with Gasteiger partial charge in [0.1, 0.15) is 23.1 Å². The first-order valence-electron chi connectivity index (χ1n) is 9.91. The fraction of sp³-hybridized carbons (Fsp3) is 0.115. The van der Waals surface area contributed by atoms with Crippen LogP contribution in [-0.2, 0) is 4.79 Å². The summed E-state index contributed by atoms with van der Waals surface area (Å²) in [6.45, 7) is 1.86. The number of carbonyl (C=O) groups is 1. The van der Waals surface area contributed by atoms with Crippen LogP contribution in [-0.4, -0.2) is 18.2 Å². The van der Waals surface area contributed by atoms with Crippen LogP contribution in [0.2, 0.25) is 5.02 Å². The van der Waals surface area contributed by atoms with Crippen LogP contribution in [0.25, 0.3) is 17.2 Å². The lowest BCUT2D eigenvalue weighted by Gasteiger charge is -2.09. The van der Waals surface area contributed by atoms with Gasteiger partial charge in [-0.2, -0.15) is 0 Å². The topological polar surface area (TPSA) is 55.8 Å². The average molecular weight is 451 g/mol. The molecule has 1 N–H and O–H groups in total. The van der Waals surface area contributed by atoms with Crippen molar-refractivity contribution in [1.29, 1.82) is 0 Å². The van der Waals surface area contributed by atoms with E-state index in [4.69, 9.17) is 21.1 Å². The Morgan fingerprint density at radius 1 is 1.06 bits per heavy atom. The summed E-state index contributed by atoms with van der Waals surface area (Å²) < 4.78 is 25.0. The number of benzene rings is 3. The van der Waals surface area contributed by atoms with Gasteiger partial charge in [-0.3, -0.25) is 4.79 Å². The summed E-state index contributed by atoms with van der Waals surface area (Å²) in [5.41, 5.74) is 4.61. The largest absolute Gasteiger partial charge is 0.495 e. The number of hydrogen-bond acceptors (Lipinski definition) is 3. The first kappa shape index (κ1) is 21.7. The lowest BCUT2D eigenvalue weighted by molar-refractivity contribution is -0.135. The number of methoxy groups -OCH3 is 1. The van der Waals surface area contributed by atoms with E-state index in [0.29, 0.717) is 33.4 Å². The molecule has 0 bridgehead atoms. The van der Waals surface area contributed by atoms with E-state index < -0.39 is 11.8 Å². The molecule has 0 aliphatic heterocycles. The van der Waals surface area contributed by atoms with Gasteiger partial charge < -0.3 is 14.6 Å². The monoisotopic (exact) mass is 450 g/mol. The van der Waals surface area contributed by atoms with E-state index in [1.54, 1.807) is 31.4 Å². The third kappa shape index (κ3) is 4.39. The summed E-state index contributed by atoms with van der Waals surface area (Å²) >= 11 is 6.18. The zero-order valence-electron chi connectivity index (χ0n) is 17.5. The van der Waals surface area contributed by atoms with Crippen molar-refractivity contribution in [3.05, 3.63) is 93.8 Å². The molecule has 4 rings (SSSR count). The maximum atomic E-state index is 13.9. The first-order valence-corrected chi connectivity index (χ1v) is 10.3. The van der Waals surface area contributed by atoms with Crippen LogP contribution in [0.5, 0.6) is 17.2 Å². The van der Waals surface area contributed by atoms with E-state index in [9.17, 15) is 14.3 Å². The Kier molecular flexibility index (Phi) is 6.01. The van der Waals surface area contributed by atoms with E-state index in [2.05, 4.69) is 0 Å². The van der Waals surface area contributed by atoms with Gasteiger partial charge in [-0.25, -0.2) is 4.39 Å². The smallest absolute Gasteiger partial charge is 0.307 e. The second-order valence-corrected chi connectivity index (χ2v) is 7.80. The molecule has 6 heteroatoms. The van der Waals surface area contributed by atoms with Crippen molar-refractivity contribution >= 4 is 34.8 Å². The number of rotatable bonds is 6. The molecule has 0 aromatic heterocycles. The van der Waals surface area contributed by atoms with Gasteiger partial charge in [-0.15, -0.1) is 0 Å². The molecule has 0 unspecified atom stereocenters. The van der Waals surface area contributed by atoms with Gasteiger partial charge in [0.2, 0.25) is 0 Å². The molecule has 4 nitrogen and oxygen atoms in total.